The Labute approximate surface area is 177 Å². The van der Waals surface area contributed by atoms with Gasteiger partial charge in [-0.25, -0.2) is 9.20 Å². The average molecular weight is 422 g/mol. The maximum absolute atomic E-state index is 12.9. The summed E-state index contributed by atoms with van der Waals surface area (Å²) >= 11 is 5.86. The van der Waals surface area contributed by atoms with E-state index in [0.29, 0.717) is 27.7 Å². The van der Waals surface area contributed by atoms with Gasteiger partial charge in [0.15, 0.2) is 0 Å². The van der Waals surface area contributed by atoms with Crippen LogP contribution in [0, 0.1) is 6.92 Å². The Morgan fingerprint density at radius 2 is 1.77 bits per heavy atom. The number of aromatic nitrogens is 4. The van der Waals surface area contributed by atoms with Crippen LogP contribution in [0.4, 0.5) is 5.69 Å². The molecular weight excluding hydrogens is 402 g/mol. The highest BCUT2D eigenvalue weighted by Gasteiger charge is 2.15. The zero-order valence-electron chi connectivity index (χ0n) is 16.6. The minimum atomic E-state index is -0.379. The van der Waals surface area contributed by atoms with Crippen molar-refractivity contribution in [1.82, 2.24) is 19.4 Å². The fourth-order valence-electron chi connectivity index (χ4n) is 3.20. The van der Waals surface area contributed by atoms with Crippen LogP contribution in [0.25, 0.3) is 16.8 Å². The second-order valence-corrected chi connectivity index (χ2v) is 7.38. The number of nitrogens with one attached hydrogen (secondary N) is 1. The minimum absolute atomic E-state index is 0.204. The van der Waals surface area contributed by atoms with Crippen molar-refractivity contribution in [1.29, 1.82) is 0 Å². The number of halogens is 1. The smallest absolute Gasteiger partial charge is 0.293 e. The van der Waals surface area contributed by atoms with Gasteiger partial charge in [0, 0.05) is 16.3 Å². The molecule has 0 bridgehead atoms. The molecule has 0 saturated heterocycles. The molecule has 1 amide bonds. The highest BCUT2D eigenvalue weighted by Crippen LogP contribution is 2.20. The molecule has 7 nitrogen and oxygen atoms in total. The van der Waals surface area contributed by atoms with Crippen LogP contribution in [-0.4, -0.2) is 25.3 Å². The number of carbonyl (C=O) groups excluding carboxylic acids is 1. The van der Waals surface area contributed by atoms with Crippen molar-refractivity contribution in [2.75, 3.05) is 5.32 Å². The summed E-state index contributed by atoms with van der Waals surface area (Å²) in [5.41, 5.74) is 3.42. The fourth-order valence-corrected chi connectivity index (χ4v) is 3.33. The van der Waals surface area contributed by atoms with E-state index >= 15 is 0 Å². The lowest BCUT2D eigenvalue weighted by Crippen LogP contribution is -2.31. The predicted octanol–water partition coefficient (Wildman–Crippen LogP) is 3.72. The monoisotopic (exact) mass is 421 g/mol. The Kier molecular flexibility index (Phi) is 5.37. The summed E-state index contributed by atoms with van der Waals surface area (Å²) in [6, 6.07) is 16.5. The quantitative estimate of drug-likeness (QED) is 0.532. The van der Waals surface area contributed by atoms with Gasteiger partial charge in [-0.2, -0.15) is 10.2 Å². The summed E-state index contributed by atoms with van der Waals surface area (Å²) in [5.74, 6) is 0.158. The molecule has 0 radical (unpaired) electrons. The van der Waals surface area contributed by atoms with Gasteiger partial charge in [0.1, 0.15) is 17.9 Å². The van der Waals surface area contributed by atoms with Crippen LogP contribution in [0.15, 0.2) is 59.4 Å². The van der Waals surface area contributed by atoms with E-state index in [1.54, 1.807) is 37.3 Å². The van der Waals surface area contributed by atoms with Crippen molar-refractivity contribution < 1.29 is 4.79 Å². The number of anilines is 1. The first kappa shape index (κ1) is 19.8. The molecule has 0 fully saturated rings. The molecule has 152 valence electrons. The van der Waals surface area contributed by atoms with Crippen molar-refractivity contribution in [2.45, 2.75) is 26.8 Å². The minimum Gasteiger partial charge on any atom is -0.324 e. The number of hydrogen-bond donors (Lipinski definition) is 1. The standard InChI is InChI=1S/C22H20ClN5O2/c1-3-15-4-6-16(7-5-15)19-12-20-22(30)27(25-14(2)28(20)26-19)13-21(29)24-18-10-8-17(23)9-11-18/h4-12H,3,13H2,1-2H3,(H,24,29). The number of fused-ring (bicyclic) bond motifs is 1. The largest absolute Gasteiger partial charge is 0.324 e. The first-order valence-electron chi connectivity index (χ1n) is 9.57. The number of rotatable bonds is 5. The van der Waals surface area contributed by atoms with E-state index in [1.165, 1.54) is 10.1 Å². The average Bonchev–Trinajstić information content (AvgIpc) is 3.20. The van der Waals surface area contributed by atoms with Gasteiger partial charge in [-0.15, -0.1) is 0 Å². The van der Waals surface area contributed by atoms with Gasteiger partial charge in [-0.05, 0) is 49.2 Å². The Morgan fingerprint density at radius 1 is 1.07 bits per heavy atom. The van der Waals surface area contributed by atoms with Crippen molar-refractivity contribution in [3.05, 3.63) is 81.4 Å². The van der Waals surface area contributed by atoms with Crippen molar-refractivity contribution in [3.8, 4) is 11.3 Å². The number of aryl methyl sites for hydroxylation is 2. The highest BCUT2D eigenvalue weighted by atomic mass is 35.5. The molecule has 2 heterocycles. The Morgan fingerprint density at radius 3 is 2.43 bits per heavy atom. The number of amides is 1. The lowest BCUT2D eigenvalue weighted by molar-refractivity contribution is -0.117. The van der Waals surface area contributed by atoms with Gasteiger partial charge in [0.05, 0.1) is 5.69 Å². The van der Waals surface area contributed by atoms with E-state index in [0.717, 1.165) is 16.7 Å². The number of hydrogen-bond acceptors (Lipinski definition) is 4. The molecule has 0 aliphatic heterocycles. The molecule has 0 saturated carbocycles. The third kappa shape index (κ3) is 3.97. The summed E-state index contributed by atoms with van der Waals surface area (Å²) in [5, 5.41) is 12.1. The topological polar surface area (TPSA) is 81.3 Å². The van der Waals surface area contributed by atoms with Crippen molar-refractivity contribution in [2.24, 2.45) is 0 Å². The maximum Gasteiger partial charge on any atom is 0.293 e. The first-order valence-corrected chi connectivity index (χ1v) is 9.94. The molecular formula is C22H20ClN5O2. The third-order valence-electron chi connectivity index (χ3n) is 4.81. The van der Waals surface area contributed by atoms with E-state index in [1.807, 2.05) is 24.3 Å². The molecule has 1 N–H and O–H groups in total. The zero-order valence-corrected chi connectivity index (χ0v) is 17.3. The van der Waals surface area contributed by atoms with Crippen molar-refractivity contribution >= 4 is 28.7 Å². The van der Waals surface area contributed by atoms with Crippen LogP contribution in [0.3, 0.4) is 0 Å². The second-order valence-electron chi connectivity index (χ2n) is 6.94. The second kappa shape index (κ2) is 8.12. The Bertz CT molecular complexity index is 1270. The summed E-state index contributed by atoms with van der Waals surface area (Å²) in [6.07, 6.45) is 0.956. The number of benzene rings is 2. The fraction of sp³-hybridized carbons (Fsp3) is 0.182. The van der Waals surface area contributed by atoms with Crippen LogP contribution in [0.2, 0.25) is 5.02 Å². The summed E-state index contributed by atoms with van der Waals surface area (Å²) in [4.78, 5) is 25.3. The van der Waals surface area contributed by atoms with Crippen LogP contribution in [0.1, 0.15) is 18.3 Å². The summed E-state index contributed by atoms with van der Waals surface area (Å²) < 4.78 is 2.67. The van der Waals surface area contributed by atoms with Gasteiger partial charge >= 0.3 is 0 Å². The van der Waals surface area contributed by atoms with Gasteiger partial charge in [0.25, 0.3) is 5.56 Å². The van der Waals surface area contributed by atoms with E-state index in [-0.39, 0.29) is 18.0 Å². The summed E-state index contributed by atoms with van der Waals surface area (Å²) in [7, 11) is 0. The zero-order chi connectivity index (χ0) is 21.3. The van der Waals surface area contributed by atoms with Crippen LogP contribution < -0.4 is 10.9 Å². The van der Waals surface area contributed by atoms with Crippen LogP contribution in [-0.2, 0) is 17.8 Å². The number of carbonyl (C=O) groups is 1. The summed E-state index contributed by atoms with van der Waals surface area (Å²) in [6.45, 7) is 3.64. The predicted molar refractivity (Wildman–Crippen MR) is 117 cm³/mol. The third-order valence-corrected chi connectivity index (χ3v) is 5.07. The normalized spacial score (nSPS) is 11.0. The van der Waals surface area contributed by atoms with E-state index in [4.69, 9.17) is 11.6 Å². The molecule has 0 aliphatic rings. The molecule has 0 atom stereocenters. The van der Waals surface area contributed by atoms with Gasteiger partial charge in [-0.3, -0.25) is 9.59 Å². The van der Waals surface area contributed by atoms with Crippen molar-refractivity contribution in [3.63, 3.8) is 0 Å². The number of nitrogens with zero attached hydrogens (tertiary/aromatic N) is 4. The highest BCUT2D eigenvalue weighted by molar-refractivity contribution is 6.30. The van der Waals surface area contributed by atoms with E-state index in [2.05, 4.69) is 22.4 Å². The molecule has 2 aromatic carbocycles. The van der Waals surface area contributed by atoms with Gasteiger partial charge in [0.2, 0.25) is 5.91 Å². The molecule has 8 heteroatoms. The lowest BCUT2D eigenvalue weighted by atomic mass is 10.1. The van der Waals surface area contributed by atoms with E-state index in [9.17, 15) is 9.59 Å². The Balaban J connectivity index is 1.63. The molecule has 4 aromatic rings. The first-order chi connectivity index (χ1) is 14.4. The van der Waals surface area contributed by atoms with E-state index < -0.39 is 0 Å². The van der Waals surface area contributed by atoms with Crippen LogP contribution in [0.5, 0.6) is 0 Å². The van der Waals surface area contributed by atoms with Gasteiger partial charge < -0.3 is 5.32 Å². The van der Waals surface area contributed by atoms with Gasteiger partial charge in [-0.1, -0.05) is 42.8 Å². The molecule has 4 rings (SSSR count). The lowest BCUT2D eigenvalue weighted by Gasteiger charge is -2.08. The SMILES string of the molecule is CCc1ccc(-c2cc3c(=O)n(CC(=O)Nc4ccc(Cl)cc4)nc(C)n3n2)cc1. The molecule has 0 aliphatic carbocycles. The molecule has 2 aromatic heterocycles. The molecule has 0 spiro atoms. The Hall–Kier alpha value is -3.45. The molecule has 30 heavy (non-hydrogen) atoms. The van der Waals surface area contributed by atoms with Crippen LogP contribution >= 0.6 is 11.6 Å². The maximum atomic E-state index is 12.9. The molecule has 0 unspecified atom stereocenters.